The lowest BCUT2D eigenvalue weighted by atomic mass is 9.91. The van der Waals surface area contributed by atoms with E-state index < -0.39 is 9.84 Å². The minimum absolute atomic E-state index is 0.0597. The van der Waals surface area contributed by atoms with Gasteiger partial charge in [0.1, 0.15) is 11.9 Å². The van der Waals surface area contributed by atoms with Gasteiger partial charge in [0.25, 0.3) is 5.91 Å². The lowest BCUT2D eigenvalue weighted by Gasteiger charge is -2.36. The number of rotatable bonds is 5. The summed E-state index contributed by atoms with van der Waals surface area (Å²) in [5.74, 6) is 0.698. The Morgan fingerprint density at radius 1 is 0.912 bits per heavy atom. The van der Waals surface area contributed by atoms with Crippen LogP contribution in [0.3, 0.4) is 0 Å². The average molecular weight is 483 g/mol. The molecule has 182 valence electrons. The normalized spacial score (nSPS) is 20.3. The first-order valence-electron chi connectivity index (χ1n) is 12.5. The molecule has 0 unspecified atom stereocenters. The molecule has 1 saturated carbocycles. The van der Waals surface area contributed by atoms with Crippen LogP contribution in [-0.2, 0) is 22.7 Å². The van der Waals surface area contributed by atoms with E-state index in [1.807, 2.05) is 0 Å². The van der Waals surface area contributed by atoms with Crippen molar-refractivity contribution >= 4 is 15.7 Å². The van der Waals surface area contributed by atoms with E-state index in [-0.39, 0.29) is 22.5 Å². The molecule has 0 radical (unpaired) electrons. The fourth-order valence-corrected chi connectivity index (χ4v) is 6.30. The van der Waals surface area contributed by atoms with E-state index >= 15 is 0 Å². The molecule has 5 rings (SSSR count). The Kier molecular flexibility index (Phi) is 6.67. The van der Waals surface area contributed by atoms with Crippen LogP contribution in [0.2, 0.25) is 0 Å². The monoisotopic (exact) mass is 482 g/mol. The Balaban J connectivity index is 1.18. The molecule has 3 aliphatic rings. The lowest BCUT2D eigenvalue weighted by molar-refractivity contribution is 0.0592. The number of carbonyl (C=O) groups excluding carboxylic acids is 1. The topological polar surface area (TPSA) is 66.9 Å². The number of hydrogen-bond donors (Lipinski definition) is 0. The van der Waals surface area contributed by atoms with E-state index in [0.29, 0.717) is 13.1 Å². The number of piperidine rings is 1. The van der Waals surface area contributed by atoms with Crippen LogP contribution < -0.4 is 4.74 Å². The maximum Gasteiger partial charge on any atom is 0.255 e. The Morgan fingerprint density at radius 2 is 1.62 bits per heavy atom. The van der Waals surface area contributed by atoms with Crippen LogP contribution in [0.1, 0.15) is 53.6 Å². The molecule has 0 N–H and O–H groups in total. The number of sulfone groups is 1. The largest absolute Gasteiger partial charge is 0.490 e. The third-order valence-corrected chi connectivity index (χ3v) is 8.81. The van der Waals surface area contributed by atoms with Gasteiger partial charge in [-0.25, -0.2) is 8.42 Å². The molecule has 6 nitrogen and oxygen atoms in total. The fraction of sp³-hybridized carbons (Fsp3) is 0.519. The molecule has 2 heterocycles. The van der Waals surface area contributed by atoms with Crippen LogP contribution in [0.15, 0.2) is 47.4 Å². The number of benzene rings is 2. The standard InChI is InChI=1S/C27H34N2O4S/c1-34(31,32)26-8-3-2-7-25(26)27(30)29-17-13-23(14-18-29)33-24-10-9-20-11-15-28(22-5-4-6-22)16-12-21(20)19-24/h2-3,7-10,19,22-23H,4-6,11-18H2,1H3. The van der Waals surface area contributed by atoms with Crippen LogP contribution in [0, 0.1) is 0 Å². The van der Waals surface area contributed by atoms with Gasteiger partial charge < -0.3 is 9.64 Å². The number of amides is 1. The Labute approximate surface area is 202 Å². The summed E-state index contributed by atoms with van der Waals surface area (Å²) in [6.45, 7) is 3.41. The van der Waals surface area contributed by atoms with E-state index in [1.165, 1.54) is 36.5 Å². The molecular weight excluding hydrogens is 448 g/mol. The summed E-state index contributed by atoms with van der Waals surface area (Å²) in [6.07, 6.45) is 8.95. The van der Waals surface area contributed by atoms with Crippen molar-refractivity contribution in [1.29, 1.82) is 0 Å². The number of carbonyl (C=O) groups is 1. The third kappa shape index (κ3) is 5.01. The average Bonchev–Trinajstić information content (AvgIpc) is 3.00. The first kappa shape index (κ1) is 23.4. The molecule has 1 amide bonds. The molecule has 2 aliphatic heterocycles. The van der Waals surface area contributed by atoms with Crippen molar-refractivity contribution in [3.63, 3.8) is 0 Å². The lowest BCUT2D eigenvalue weighted by Crippen LogP contribution is -2.42. The number of ether oxygens (including phenoxy) is 1. The van der Waals surface area contributed by atoms with Gasteiger partial charge in [0.15, 0.2) is 9.84 Å². The highest BCUT2D eigenvalue weighted by molar-refractivity contribution is 7.90. The number of likely N-dealkylation sites (tertiary alicyclic amines) is 1. The van der Waals surface area contributed by atoms with Crippen molar-refractivity contribution in [3.8, 4) is 5.75 Å². The third-order valence-electron chi connectivity index (χ3n) is 7.65. The van der Waals surface area contributed by atoms with Crippen molar-refractivity contribution in [1.82, 2.24) is 9.80 Å². The summed E-state index contributed by atoms with van der Waals surface area (Å²) in [6, 6.07) is 13.8. The summed E-state index contributed by atoms with van der Waals surface area (Å²) in [7, 11) is -3.46. The second-order valence-corrected chi connectivity index (χ2v) is 11.9. The molecule has 0 atom stereocenters. The summed E-state index contributed by atoms with van der Waals surface area (Å²) in [5.41, 5.74) is 3.11. The molecule has 34 heavy (non-hydrogen) atoms. The van der Waals surface area contributed by atoms with Crippen LogP contribution in [-0.4, -0.2) is 68.7 Å². The smallest absolute Gasteiger partial charge is 0.255 e. The Morgan fingerprint density at radius 3 is 2.29 bits per heavy atom. The molecule has 0 bridgehead atoms. The molecule has 7 heteroatoms. The Hall–Kier alpha value is -2.38. The molecule has 1 aliphatic carbocycles. The zero-order valence-electron chi connectivity index (χ0n) is 19.9. The predicted octanol–water partition coefficient (Wildman–Crippen LogP) is 3.73. The first-order chi connectivity index (χ1) is 16.4. The minimum atomic E-state index is -3.46. The van der Waals surface area contributed by atoms with Gasteiger partial charge >= 0.3 is 0 Å². The van der Waals surface area contributed by atoms with E-state index in [9.17, 15) is 13.2 Å². The second-order valence-electron chi connectivity index (χ2n) is 9.93. The van der Waals surface area contributed by atoms with E-state index in [0.717, 1.165) is 56.8 Å². The molecule has 0 spiro atoms. The van der Waals surface area contributed by atoms with Gasteiger partial charge in [0.2, 0.25) is 0 Å². The van der Waals surface area contributed by atoms with Crippen molar-refractivity contribution in [2.75, 3.05) is 32.4 Å². The van der Waals surface area contributed by atoms with Gasteiger partial charge in [0, 0.05) is 51.3 Å². The quantitative estimate of drug-likeness (QED) is 0.650. The van der Waals surface area contributed by atoms with Gasteiger partial charge in [0.05, 0.1) is 10.5 Å². The predicted molar refractivity (Wildman–Crippen MR) is 132 cm³/mol. The molecule has 0 aromatic heterocycles. The SMILES string of the molecule is CS(=O)(=O)c1ccccc1C(=O)N1CCC(Oc2ccc3c(c2)CCN(C2CCC2)CC3)CC1. The summed E-state index contributed by atoms with van der Waals surface area (Å²) in [4.78, 5) is 17.6. The van der Waals surface area contributed by atoms with Gasteiger partial charge in [-0.1, -0.05) is 24.6 Å². The number of nitrogens with zero attached hydrogens (tertiary/aromatic N) is 2. The van der Waals surface area contributed by atoms with Crippen LogP contribution in [0.5, 0.6) is 5.75 Å². The van der Waals surface area contributed by atoms with Gasteiger partial charge in [-0.3, -0.25) is 9.69 Å². The van der Waals surface area contributed by atoms with Crippen molar-refractivity contribution in [2.24, 2.45) is 0 Å². The maximum atomic E-state index is 13.0. The van der Waals surface area contributed by atoms with Gasteiger partial charge in [-0.15, -0.1) is 0 Å². The summed E-state index contributed by atoms with van der Waals surface area (Å²) >= 11 is 0. The zero-order valence-corrected chi connectivity index (χ0v) is 20.7. The van der Waals surface area contributed by atoms with Crippen LogP contribution in [0.25, 0.3) is 0 Å². The highest BCUT2D eigenvalue weighted by Crippen LogP contribution is 2.29. The van der Waals surface area contributed by atoms with Crippen LogP contribution in [0.4, 0.5) is 0 Å². The van der Waals surface area contributed by atoms with Gasteiger partial charge in [-0.2, -0.15) is 0 Å². The van der Waals surface area contributed by atoms with Crippen LogP contribution >= 0.6 is 0 Å². The molecule has 1 saturated heterocycles. The summed E-state index contributed by atoms with van der Waals surface area (Å²) < 4.78 is 30.5. The maximum absolute atomic E-state index is 13.0. The summed E-state index contributed by atoms with van der Waals surface area (Å²) in [5, 5.41) is 0. The molecule has 2 fully saturated rings. The Bertz CT molecular complexity index is 1150. The molecule has 2 aromatic carbocycles. The number of hydrogen-bond acceptors (Lipinski definition) is 5. The van der Waals surface area contributed by atoms with Crippen molar-refractivity contribution in [3.05, 3.63) is 59.2 Å². The zero-order chi connectivity index (χ0) is 23.7. The van der Waals surface area contributed by atoms with Crippen molar-refractivity contribution < 1.29 is 17.9 Å². The highest BCUT2D eigenvalue weighted by atomic mass is 32.2. The van der Waals surface area contributed by atoms with E-state index in [2.05, 4.69) is 23.1 Å². The number of fused-ring (bicyclic) bond motifs is 1. The van der Waals surface area contributed by atoms with Gasteiger partial charge in [-0.05, 0) is 61.1 Å². The molecule has 2 aromatic rings. The fourth-order valence-electron chi connectivity index (χ4n) is 5.42. The highest BCUT2D eigenvalue weighted by Gasteiger charge is 2.29. The van der Waals surface area contributed by atoms with Crippen molar-refractivity contribution in [2.45, 2.75) is 62.0 Å². The van der Waals surface area contributed by atoms with E-state index in [1.54, 1.807) is 23.1 Å². The minimum Gasteiger partial charge on any atom is -0.490 e. The molecular formula is C27H34N2O4S. The van der Waals surface area contributed by atoms with E-state index in [4.69, 9.17) is 4.74 Å². The first-order valence-corrected chi connectivity index (χ1v) is 14.4. The second kappa shape index (κ2) is 9.70.